The molecule has 0 aromatic carbocycles. The Balaban J connectivity index is 3.83. The Morgan fingerprint density at radius 2 is 0.800 bits per heavy atom. The molecule has 30 heavy (non-hydrogen) atoms. The van der Waals surface area contributed by atoms with E-state index in [4.69, 9.17) is 14.2 Å². The van der Waals surface area contributed by atoms with Gasteiger partial charge in [0.25, 0.3) is 0 Å². The molecule has 0 aliphatic carbocycles. The van der Waals surface area contributed by atoms with Crippen LogP contribution in [0.15, 0.2) is 49.9 Å². The van der Waals surface area contributed by atoms with Gasteiger partial charge in [0.05, 0.1) is 17.3 Å². The summed E-state index contributed by atoms with van der Waals surface area (Å²) in [5, 5.41) is 0. The van der Waals surface area contributed by atoms with Gasteiger partial charge in [-0.15, -0.1) is 0 Å². The molecule has 168 valence electrons. The van der Waals surface area contributed by atoms with E-state index in [1.807, 2.05) is 0 Å². The first-order chi connectivity index (χ1) is 14.0. The van der Waals surface area contributed by atoms with Crippen LogP contribution in [0, 0.1) is 0 Å². The molecule has 0 saturated carbocycles. The Morgan fingerprint density at radius 3 is 0.967 bits per heavy atom. The maximum absolute atomic E-state index is 13.1. The van der Waals surface area contributed by atoms with Crippen LogP contribution in [0.25, 0.3) is 0 Å². The van der Waals surface area contributed by atoms with Crippen LogP contribution in [-0.4, -0.2) is 13.7 Å². The van der Waals surface area contributed by atoms with Gasteiger partial charge in [-0.1, -0.05) is 0 Å². The third-order valence-electron chi connectivity index (χ3n) is 4.62. The van der Waals surface area contributed by atoms with Crippen LogP contribution in [-0.2, 0) is 14.2 Å². The molecule has 0 aliphatic heterocycles. The molecule has 0 N–H and O–H groups in total. The van der Waals surface area contributed by atoms with Gasteiger partial charge in [-0.25, -0.2) is 28.1 Å². The molecule has 1 heterocycles. The van der Waals surface area contributed by atoms with Gasteiger partial charge in [-0.3, -0.25) is 0 Å². The van der Waals surface area contributed by atoms with Crippen molar-refractivity contribution < 1.29 is 14.2 Å². The van der Waals surface area contributed by atoms with Crippen molar-refractivity contribution in [1.82, 2.24) is 13.7 Å². The van der Waals surface area contributed by atoms with Crippen LogP contribution in [0.5, 0.6) is 0 Å². The van der Waals surface area contributed by atoms with Gasteiger partial charge < -0.3 is 14.2 Å². The van der Waals surface area contributed by atoms with Gasteiger partial charge in [-0.2, -0.15) is 0 Å². The van der Waals surface area contributed by atoms with Crippen LogP contribution < -0.4 is 17.1 Å². The number of rotatable bonds is 9. The second kappa shape index (κ2) is 10.7. The average Bonchev–Trinajstić information content (AvgIpc) is 2.67. The van der Waals surface area contributed by atoms with Crippen molar-refractivity contribution in [3.63, 3.8) is 0 Å². The van der Waals surface area contributed by atoms with Gasteiger partial charge in [0, 0.05) is 0 Å². The summed E-state index contributed by atoms with van der Waals surface area (Å²) in [4.78, 5) is 39.4. The predicted molar refractivity (Wildman–Crippen MR) is 115 cm³/mol. The van der Waals surface area contributed by atoms with Gasteiger partial charge in [0.15, 0.2) is 18.7 Å². The lowest BCUT2D eigenvalue weighted by Gasteiger charge is -2.25. The first-order valence-electron chi connectivity index (χ1n) is 9.88. The van der Waals surface area contributed by atoms with Crippen LogP contribution in [0.3, 0.4) is 0 Å². The predicted octanol–water partition coefficient (Wildman–Crippen LogP) is 3.55. The van der Waals surface area contributed by atoms with Crippen molar-refractivity contribution in [3.8, 4) is 0 Å². The SMILES string of the molecule is C/C=C(\C)OC(C)n1c(=O)n(C(C)O/C(C)=C/C)c(=O)n(C(C)O/C(C)=C/C)c1=O. The Hall–Kier alpha value is -2.97. The Labute approximate surface area is 176 Å². The smallest absolute Gasteiger partial charge is 0.342 e. The quantitative estimate of drug-likeness (QED) is 0.564. The summed E-state index contributed by atoms with van der Waals surface area (Å²) in [5.74, 6) is 1.59. The van der Waals surface area contributed by atoms with E-state index in [9.17, 15) is 14.4 Å². The molecule has 1 rings (SSSR count). The summed E-state index contributed by atoms with van der Waals surface area (Å²) < 4.78 is 19.6. The number of hydrogen-bond donors (Lipinski definition) is 0. The van der Waals surface area contributed by atoms with Crippen molar-refractivity contribution in [1.29, 1.82) is 0 Å². The zero-order valence-corrected chi connectivity index (χ0v) is 19.3. The first-order valence-corrected chi connectivity index (χ1v) is 9.88. The van der Waals surface area contributed by atoms with Crippen molar-refractivity contribution >= 4 is 0 Å². The number of aromatic nitrogens is 3. The highest BCUT2D eigenvalue weighted by molar-refractivity contribution is 4.90. The van der Waals surface area contributed by atoms with E-state index in [1.165, 1.54) is 0 Å². The van der Waals surface area contributed by atoms with E-state index in [1.54, 1.807) is 80.5 Å². The fourth-order valence-electron chi connectivity index (χ4n) is 2.70. The molecule has 9 nitrogen and oxygen atoms in total. The second-order valence-corrected chi connectivity index (χ2v) is 6.81. The van der Waals surface area contributed by atoms with Gasteiger partial charge >= 0.3 is 17.1 Å². The minimum absolute atomic E-state index is 0.529. The molecule has 3 unspecified atom stereocenters. The summed E-state index contributed by atoms with van der Waals surface area (Å²) in [6, 6.07) is 0. The molecule has 1 aromatic rings. The summed E-state index contributed by atoms with van der Waals surface area (Å²) in [7, 11) is 0. The Kier molecular flexibility index (Phi) is 8.94. The molecule has 0 radical (unpaired) electrons. The molecule has 3 atom stereocenters. The zero-order valence-electron chi connectivity index (χ0n) is 19.3. The summed E-state index contributed by atoms with van der Waals surface area (Å²) >= 11 is 0. The molecule has 1 aromatic heterocycles. The number of allylic oxidation sites excluding steroid dienone is 6. The minimum atomic E-state index is -0.954. The lowest BCUT2D eigenvalue weighted by atomic mass is 10.5. The number of nitrogens with zero attached hydrogens (tertiary/aromatic N) is 3. The van der Waals surface area contributed by atoms with Gasteiger partial charge in [0.2, 0.25) is 0 Å². The zero-order chi connectivity index (χ0) is 23.2. The third-order valence-corrected chi connectivity index (χ3v) is 4.62. The molecular formula is C21H33N3O6. The normalized spacial score (nSPS) is 16.1. The highest BCUT2D eigenvalue weighted by Crippen LogP contribution is 2.13. The molecule has 0 bridgehead atoms. The van der Waals surface area contributed by atoms with E-state index < -0.39 is 35.8 Å². The van der Waals surface area contributed by atoms with Crippen LogP contribution in [0.2, 0.25) is 0 Å². The van der Waals surface area contributed by atoms with E-state index >= 15 is 0 Å². The molecule has 9 heteroatoms. The largest absolute Gasteiger partial charge is 0.475 e. The first kappa shape index (κ1) is 25.1. The highest BCUT2D eigenvalue weighted by Gasteiger charge is 2.26. The van der Waals surface area contributed by atoms with E-state index in [0.29, 0.717) is 17.3 Å². The minimum Gasteiger partial charge on any atom is -0.475 e. The lowest BCUT2D eigenvalue weighted by Crippen LogP contribution is -2.57. The fourth-order valence-corrected chi connectivity index (χ4v) is 2.70. The molecule has 0 amide bonds. The monoisotopic (exact) mass is 423 g/mol. The third kappa shape index (κ3) is 5.55. The topological polar surface area (TPSA) is 93.7 Å². The number of hydrogen-bond acceptors (Lipinski definition) is 6. The molecule has 0 aliphatic rings. The maximum atomic E-state index is 13.1. The van der Waals surface area contributed by atoms with Crippen LogP contribution in [0.1, 0.15) is 81.0 Å². The van der Waals surface area contributed by atoms with Crippen molar-refractivity contribution in [2.45, 2.75) is 81.0 Å². The van der Waals surface area contributed by atoms with E-state index in [2.05, 4.69) is 0 Å². The average molecular weight is 424 g/mol. The lowest BCUT2D eigenvalue weighted by molar-refractivity contribution is 0.0206. The summed E-state index contributed by atoms with van der Waals surface area (Å²) in [6.07, 6.45) is 2.26. The van der Waals surface area contributed by atoms with Crippen LogP contribution in [0.4, 0.5) is 0 Å². The second-order valence-electron chi connectivity index (χ2n) is 6.81. The molecular weight excluding hydrogens is 390 g/mol. The van der Waals surface area contributed by atoms with Gasteiger partial charge in [-0.05, 0) is 80.5 Å². The fraction of sp³-hybridized carbons (Fsp3) is 0.571. The standard InChI is InChI=1S/C21H33N3O6/c1-10-13(4)28-16(7)22-19(25)23(17(8)29-14(5)11-2)21(27)24(20(22)26)18(9)30-15(6)12-3/h10-12,16-18H,1-9H3/b13-10+,14-11+,15-12+. The van der Waals surface area contributed by atoms with Crippen molar-refractivity contribution in [2.75, 3.05) is 0 Å². The van der Waals surface area contributed by atoms with Crippen molar-refractivity contribution in [3.05, 3.63) is 67.0 Å². The molecule has 0 saturated heterocycles. The summed E-state index contributed by atoms with van der Waals surface area (Å²) in [6.45, 7) is 15.1. The Bertz CT molecular complexity index is 850. The van der Waals surface area contributed by atoms with Gasteiger partial charge in [0.1, 0.15) is 0 Å². The molecule has 0 spiro atoms. The van der Waals surface area contributed by atoms with Crippen LogP contribution >= 0.6 is 0 Å². The summed E-state index contributed by atoms with van der Waals surface area (Å²) in [5.41, 5.74) is -2.49. The number of ether oxygens (including phenoxy) is 3. The van der Waals surface area contributed by atoms with E-state index in [0.717, 1.165) is 13.7 Å². The maximum Gasteiger partial charge on any atom is 0.342 e. The highest BCUT2D eigenvalue weighted by atomic mass is 16.5. The Morgan fingerprint density at radius 1 is 0.600 bits per heavy atom. The van der Waals surface area contributed by atoms with E-state index in [-0.39, 0.29) is 0 Å². The molecule has 0 fully saturated rings. The van der Waals surface area contributed by atoms with Crippen molar-refractivity contribution in [2.24, 2.45) is 0 Å².